The number of aliphatic imine (C=N–C) groups is 1. The number of anilines is 1. The van der Waals surface area contributed by atoms with Crippen LogP contribution >= 0.6 is 0 Å². The fourth-order valence-corrected chi connectivity index (χ4v) is 2.95. The highest BCUT2D eigenvalue weighted by Crippen LogP contribution is 2.17. The van der Waals surface area contributed by atoms with Crippen molar-refractivity contribution in [2.75, 3.05) is 32.1 Å². The predicted octanol–water partition coefficient (Wildman–Crippen LogP) is 3.01. The van der Waals surface area contributed by atoms with E-state index in [2.05, 4.69) is 57.9 Å². The number of rotatable bonds is 7. The summed E-state index contributed by atoms with van der Waals surface area (Å²) in [5.74, 6) is 0.961. The van der Waals surface area contributed by atoms with Gasteiger partial charge in [0, 0.05) is 38.9 Å². The van der Waals surface area contributed by atoms with E-state index < -0.39 is 0 Å². The van der Waals surface area contributed by atoms with E-state index in [9.17, 15) is 0 Å². The predicted molar refractivity (Wildman–Crippen MR) is 95.7 cm³/mol. The minimum absolute atomic E-state index is 0.621. The second-order valence-electron chi connectivity index (χ2n) is 6.09. The van der Waals surface area contributed by atoms with Crippen LogP contribution in [0.1, 0.15) is 38.5 Å². The van der Waals surface area contributed by atoms with Crippen LogP contribution in [0.4, 0.5) is 5.69 Å². The van der Waals surface area contributed by atoms with Crippen molar-refractivity contribution in [1.29, 1.82) is 0 Å². The van der Waals surface area contributed by atoms with Gasteiger partial charge in [0.1, 0.15) is 0 Å². The molecule has 0 spiro atoms. The molecule has 0 atom stereocenters. The first-order chi connectivity index (χ1) is 10.8. The lowest BCUT2D eigenvalue weighted by Gasteiger charge is -2.20. The van der Waals surface area contributed by atoms with Gasteiger partial charge in [0.25, 0.3) is 0 Å². The van der Waals surface area contributed by atoms with Crippen molar-refractivity contribution in [3.8, 4) is 0 Å². The van der Waals surface area contributed by atoms with Crippen molar-refractivity contribution in [3.63, 3.8) is 0 Å². The summed E-state index contributed by atoms with van der Waals surface area (Å²) in [6, 6.07) is 11.2. The smallest absolute Gasteiger partial charge is 0.191 e. The SMILES string of the molecule is CN=C(NCCCCN(C)c1ccccc1)NC1CCCC1. The van der Waals surface area contributed by atoms with Crippen molar-refractivity contribution in [1.82, 2.24) is 10.6 Å². The van der Waals surface area contributed by atoms with Crippen LogP contribution in [-0.2, 0) is 0 Å². The monoisotopic (exact) mass is 302 g/mol. The molecule has 0 bridgehead atoms. The molecule has 1 aromatic rings. The zero-order valence-corrected chi connectivity index (χ0v) is 14.0. The molecule has 0 heterocycles. The zero-order valence-electron chi connectivity index (χ0n) is 14.0. The maximum absolute atomic E-state index is 4.32. The average Bonchev–Trinajstić information content (AvgIpc) is 3.07. The number of nitrogens with one attached hydrogen (secondary N) is 2. The van der Waals surface area contributed by atoms with Crippen LogP contribution in [0.25, 0.3) is 0 Å². The van der Waals surface area contributed by atoms with Crippen LogP contribution < -0.4 is 15.5 Å². The van der Waals surface area contributed by atoms with Gasteiger partial charge in [-0.3, -0.25) is 4.99 Å². The summed E-state index contributed by atoms with van der Waals surface area (Å²) in [6.07, 6.45) is 7.59. The van der Waals surface area contributed by atoms with Gasteiger partial charge in [-0.1, -0.05) is 31.0 Å². The summed E-state index contributed by atoms with van der Waals surface area (Å²) < 4.78 is 0. The third-order valence-corrected chi connectivity index (χ3v) is 4.33. The molecule has 0 amide bonds. The molecule has 0 radical (unpaired) electrons. The number of benzene rings is 1. The van der Waals surface area contributed by atoms with E-state index in [0.29, 0.717) is 6.04 Å². The molecule has 4 nitrogen and oxygen atoms in total. The zero-order chi connectivity index (χ0) is 15.6. The van der Waals surface area contributed by atoms with E-state index >= 15 is 0 Å². The molecule has 1 fully saturated rings. The lowest BCUT2D eigenvalue weighted by Crippen LogP contribution is -2.42. The number of para-hydroxylation sites is 1. The molecular formula is C18H30N4. The van der Waals surface area contributed by atoms with Gasteiger partial charge < -0.3 is 15.5 Å². The molecule has 1 aromatic carbocycles. The van der Waals surface area contributed by atoms with Gasteiger partial charge in [-0.05, 0) is 37.8 Å². The number of guanidine groups is 1. The summed E-state index contributed by atoms with van der Waals surface area (Å²) in [7, 11) is 4.01. The molecule has 0 unspecified atom stereocenters. The quantitative estimate of drug-likeness (QED) is 0.462. The molecular weight excluding hydrogens is 272 g/mol. The van der Waals surface area contributed by atoms with Gasteiger partial charge in [0.2, 0.25) is 0 Å². The molecule has 0 saturated heterocycles. The van der Waals surface area contributed by atoms with Crippen LogP contribution in [0, 0.1) is 0 Å². The minimum atomic E-state index is 0.621. The third kappa shape index (κ3) is 5.58. The summed E-state index contributed by atoms with van der Waals surface area (Å²) in [5, 5.41) is 6.95. The second kappa shape index (κ2) is 9.34. The largest absolute Gasteiger partial charge is 0.375 e. The molecule has 1 aliphatic rings. The lowest BCUT2D eigenvalue weighted by molar-refractivity contribution is 0.607. The Morgan fingerprint density at radius 1 is 1.18 bits per heavy atom. The van der Waals surface area contributed by atoms with Gasteiger partial charge >= 0.3 is 0 Å². The molecule has 0 aromatic heterocycles. The van der Waals surface area contributed by atoms with Crippen LogP contribution in [0.15, 0.2) is 35.3 Å². The normalized spacial score (nSPS) is 15.8. The lowest BCUT2D eigenvalue weighted by atomic mass is 10.2. The molecule has 1 aliphatic carbocycles. The standard InChI is InChI=1S/C18H30N4/c1-19-18(21-16-10-6-7-11-16)20-14-8-9-15-22(2)17-12-4-3-5-13-17/h3-5,12-13,16H,6-11,14-15H2,1-2H3,(H2,19,20,21). The van der Waals surface area contributed by atoms with Crippen LogP contribution in [0.3, 0.4) is 0 Å². The van der Waals surface area contributed by atoms with E-state index in [1.165, 1.54) is 37.8 Å². The highest BCUT2D eigenvalue weighted by molar-refractivity contribution is 5.79. The molecule has 2 N–H and O–H groups in total. The Morgan fingerprint density at radius 3 is 2.59 bits per heavy atom. The summed E-state index contributed by atoms with van der Waals surface area (Å²) in [5.41, 5.74) is 1.29. The van der Waals surface area contributed by atoms with E-state index in [-0.39, 0.29) is 0 Å². The number of nitrogens with zero attached hydrogens (tertiary/aromatic N) is 2. The fraction of sp³-hybridized carbons (Fsp3) is 0.611. The van der Waals surface area contributed by atoms with E-state index in [0.717, 1.165) is 25.5 Å². The Balaban J connectivity index is 1.58. The summed E-state index contributed by atoms with van der Waals surface area (Å²) in [4.78, 5) is 6.63. The van der Waals surface area contributed by atoms with Crippen LogP contribution in [-0.4, -0.2) is 39.2 Å². The first kappa shape index (κ1) is 16.7. The maximum Gasteiger partial charge on any atom is 0.191 e. The third-order valence-electron chi connectivity index (χ3n) is 4.33. The molecule has 0 aliphatic heterocycles. The Kier molecular flexibility index (Phi) is 7.07. The Bertz CT molecular complexity index is 438. The van der Waals surface area contributed by atoms with Crippen molar-refractivity contribution in [3.05, 3.63) is 30.3 Å². The van der Waals surface area contributed by atoms with E-state index in [4.69, 9.17) is 0 Å². The first-order valence-corrected chi connectivity index (χ1v) is 8.53. The maximum atomic E-state index is 4.32. The first-order valence-electron chi connectivity index (χ1n) is 8.53. The number of unbranched alkanes of at least 4 members (excludes halogenated alkanes) is 1. The fourth-order valence-electron chi connectivity index (χ4n) is 2.95. The van der Waals surface area contributed by atoms with Gasteiger partial charge in [0.15, 0.2) is 5.96 Å². The number of hydrogen-bond donors (Lipinski definition) is 2. The highest BCUT2D eigenvalue weighted by Gasteiger charge is 2.15. The number of hydrogen-bond acceptors (Lipinski definition) is 2. The van der Waals surface area contributed by atoms with Crippen molar-refractivity contribution in [2.24, 2.45) is 4.99 Å². The topological polar surface area (TPSA) is 39.7 Å². The molecule has 4 heteroatoms. The van der Waals surface area contributed by atoms with Gasteiger partial charge in [-0.15, -0.1) is 0 Å². The Labute approximate surface area is 135 Å². The van der Waals surface area contributed by atoms with Gasteiger partial charge in [-0.25, -0.2) is 0 Å². The summed E-state index contributed by atoms with van der Waals surface area (Å²) in [6.45, 7) is 2.06. The van der Waals surface area contributed by atoms with Crippen molar-refractivity contribution >= 4 is 11.6 Å². The molecule has 122 valence electrons. The van der Waals surface area contributed by atoms with E-state index in [1.807, 2.05) is 7.05 Å². The highest BCUT2D eigenvalue weighted by atomic mass is 15.2. The Morgan fingerprint density at radius 2 is 1.91 bits per heavy atom. The van der Waals surface area contributed by atoms with Crippen LogP contribution in [0.2, 0.25) is 0 Å². The second-order valence-corrected chi connectivity index (χ2v) is 6.09. The van der Waals surface area contributed by atoms with Gasteiger partial charge in [0.05, 0.1) is 0 Å². The Hall–Kier alpha value is -1.71. The average molecular weight is 302 g/mol. The molecule has 1 saturated carbocycles. The molecule has 22 heavy (non-hydrogen) atoms. The van der Waals surface area contributed by atoms with Crippen molar-refractivity contribution < 1.29 is 0 Å². The van der Waals surface area contributed by atoms with Gasteiger partial charge in [-0.2, -0.15) is 0 Å². The van der Waals surface area contributed by atoms with Crippen LogP contribution in [0.5, 0.6) is 0 Å². The van der Waals surface area contributed by atoms with E-state index in [1.54, 1.807) is 0 Å². The summed E-state index contributed by atoms with van der Waals surface area (Å²) >= 11 is 0. The molecule has 2 rings (SSSR count). The van der Waals surface area contributed by atoms with Crippen molar-refractivity contribution in [2.45, 2.75) is 44.6 Å². The minimum Gasteiger partial charge on any atom is -0.375 e.